The Bertz CT molecular complexity index is 880. The minimum atomic E-state index is -0.838. The lowest BCUT2D eigenvalue weighted by molar-refractivity contribution is -0.143. The van der Waals surface area contributed by atoms with Crippen LogP contribution in [0.5, 0.6) is 5.75 Å². The lowest BCUT2D eigenvalue weighted by Gasteiger charge is -2.30. The first-order chi connectivity index (χ1) is 13.1. The van der Waals surface area contributed by atoms with Gasteiger partial charge >= 0.3 is 12.0 Å². The maximum Gasteiger partial charge on any atom is 0.321 e. The number of aliphatic carboxylic acids is 1. The highest BCUT2D eigenvalue weighted by Gasteiger charge is 2.28. The molecule has 2 aliphatic heterocycles. The summed E-state index contributed by atoms with van der Waals surface area (Å²) < 4.78 is 5.55. The van der Waals surface area contributed by atoms with Crippen molar-refractivity contribution < 1.29 is 19.4 Å². The van der Waals surface area contributed by atoms with Crippen LogP contribution in [0.1, 0.15) is 18.4 Å². The molecule has 0 radical (unpaired) electrons. The maximum absolute atomic E-state index is 12.5. The number of anilines is 1. The molecule has 0 spiro atoms. The van der Waals surface area contributed by atoms with Gasteiger partial charge in [0.05, 0.1) is 12.5 Å². The third-order valence-electron chi connectivity index (χ3n) is 5.19. The van der Waals surface area contributed by atoms with Gasteiger partial charge in [0, 0.05) is 25.2 Å². The summed E-state index contributed by atoms with van der Waals surface area (Å²) >= 11 is 0. The van der Waals surface area contributed by atoms with E-state index in [0.717, 1.165) is 29.9 Å². The maximum atomic E-state index is 12.5. The molecule has 27 heavy (non-hydrogen) atoms. The highest BCUT2D eigenvalue weighted by atomic mass is 16.5. The summed E-state index contributed by atoms with van der Waals surface area (Å²) in [4.78, 5) is 25.3. The summed E-state index contributed by atoms with van der Waals surface area (Å²) in [6.45, 7) is 1.56. The zero-order valence-electron chi connectivity index (χ0n) is 15.0. The summed E-state index contributed by atoms with van der Waals surface area (Å²) in [5.74, 6) is -0.374. The van der Waals surface area contributed by atoms with Crippen LogP contribution in [0.4, 0.5) is 10.5 Å². The molecule has 1 fully saturated rings. The Hall–Kier alpha value is -3.02. The number of benzene rings is 2. The van der Waals surface area contributed by atoms with Crippen LogP contribution < -0.4 is 10.1 Å². The van der Waals surface area contributed by atoms with Crippen LogP contribution in [0, 0.1) is 5.92 Å². The van der Waals surface area contributed by atoms with E-state index in [1.165, 1.54) is 5.56 Å². The second-order valence-electron chi connectivity index (χ2n) is 7.06. The molecule has 2 heterocycles. The van der Waals surface area contributed by atoms with Gasteiger partial charge in [-0.2, -0.15) is 0 Å². The smallest absolute Gasteiger partial charge is 0.321 e. The van der Waals surface area contributed by atoms with Gasteiger partial charge in [-0.05, 0) is 53.8 Å². The highest BCUT2D eigenvalue weighted by Crippen LogP contribution is 2.31. The summed E-state index contributed by atoms with van der Waals surface area (Å²) in [5.41, 5.74) is 4.01. The van der Waals surface area contributed by atoms with E-state index in [0.29, 0.717) is 25.1 Å². The Balaban J connectivity index is 1.48. The first kappa shape index (κ1) is 17.4. The number of hydrogen-bond donors (Lipinski definition) is 2. The van der Waals surface area contributed by atoms with Crippen molar-refractivity contribution >= 4 is 17.7 Å². The van der Waals surface area contributed by atoms with Crippen LogP contribution in [0.15, 0.2) is 42.5 Å². The van der Waals surface area contributed by atoms with Crippen molar-refractivity contribution in [1.29, 1.82) is 0 Å². The molecule has 0 bridgehead atoms. The normalized spacial score (nSPS) is 18.5. The average molecular weight is 366 g/mol. The zero-order chi connectivity index (χ0) is 18.8. The van der Waals surface area contributed by atoms with E-state index in [2.05, 4.69) is 11.4 Å². The third-order valence-corrected chi connectivity index (χ3v) is 5.19. The summed E-state index contributed by atoms with van der Waals surface area (Å²) in [5, 5.41) is 12.1. The van der Waals surface area contributed by atoms with Gasteiger partial charge in [0.2, 0.25) is 0 Å². The fraction of sp³-hybridized carbons (Fsp3) is 0.333. The molecule has 2 aliphatic rings. The van der Waals surface area contributed by atoms with Gasteiger partial charge in [0.15, 0.2) is 0 Å². The number of carbonyl (C=O) groups excluding carboxylic acids is 1. The van der Waals surface area contributed by atoms with E-state index in [1.807, 2.05) is 36.4 Å². The molecule has 0 saturated carbocycles. The number of carboxylic acids is 1. The molecular formula is C21H22N2O4. The molecule has 140 valence electrons. The molecule has 6 heteroatoms. The Labute approximate surface area is 157 Å². The van der Waals surface area contributed by atoms with Crippen LogP contribution in [0.3, 0.4) is 0 Å². The number of amides is 2. The molecule has 2 N–H and O–H groups in total. The van der Waals surface area contributed by atoms with Gasteiger partial charge in [-0.1, -0.05) is 18.2 Å². The Kier molecular flexibility index (Phi) is 4.71. The van der Waals surface area contributed by atoms with Gasteiger partial charge < -0.3 is 20.1 Å². The number of ether oxygens (including phenoxy) is 1. The number of hydrogen-bond acceptors (Lipinski definition) is 3. The standard InChI is InChI=1S/C21H22N2O4/c24-20(25)17-4-2-9-23(13-17)21(26)22-18-5-1-3-14(12-18)15-6-7-19-16(11-15)8-10-27-19/h1,3,5-7,11-12,17H,2,4,8-10,13H2,(H,22,26)(H,24,25). The molecule has 2 aromatic rings. The first-order valence-electron chi connectivity index (χ1n) is 9.25. The number of likely N-dealkylation sites (tertiary alicyclic amines) is 1. The molecule has 6 nitrogen and oxygen atoms in total. The number of piperidine rings is 1. The molecule has 1 unspecified atom stereocenters. The number of carboxylic acid groups (broad SMARTS) is 1. The van der Waals surface area contributed by atoms with E-state index in [4.69, 9.17) is 4.74 Å². The molecule has 2 aromatic carbocycles. The lowest BCUT2D eigenvalue weighted by atomic mass is 9.99. The number of rotatable bonds is 3. The molecule has 1 saturated heterocycles. The molecule has 4 rings (SSSR count). The number of urea groups is 1. The van der Waals surface area contributed by atoms with Crippen LogP contribution in [0.2, 0.25) is 0 Å². The minimum Gasteiger partial charge on any atom is -0.493 e. The average Bonchev–Trinajstić information content (AvgIpc) is 3.16. The largest absolute Gasteiger partial charge is 0.493 e. The van der Waals surface area contributed by atoms with Crippen molar-refractivity contribution in [3.8, 4) is 16.9 Å². The third kappa shape index (κ3) is 3.74. The molecule has 0 aliphatic carbocycles. The second kappa shape index (κ2) is 7.31. The molecular weight excluding hydrogens is 344 g/mol. The Morgan fingerprint density at radius 1 is 1.15 bits per heavy atom. The van der Waals surface area contributed by atoms with Gasteiger partial charge in [-0.25, -0.2) is 4.79 Å². The number of fused-ring (bicyclic) bond motifs is 1. The number of nitrogens with one attached hydrogen (secondary N) is 1. The zero-order valence-corrected chi connectivity index (χ0v) is 15.0. The number of nitrogens with zero attached hydrogens (tertiary/aromatic N) is 1. The van der Waals surface area contributed by atoms with Crippen molar-refractivity contribution in [3.05, 3.63) is 48.0 Å². The van der Waals surface area contributed by atoms with E-state index in [-0.39, 0.29) is 12.6 Å². The second-order valence-corrected chi connectivity index (χ2v) is 7.06. The van der Waals surface area contributed by atoms with E-state index in [1.54, 1.807) is 4.90 Å². The topological polar surface area (TPSA) is 78.9 Å². The highest BCUT2D eigenvalue weighted by molar-refractivity contribution is 5.90. The minimum absolute atomic E-state index is 0.250. The lowest BCUT2D eigenvalue weighted by Crippen LogP contribution is -2.44. The SMILES string of the molecule is O=C(O)C1CCCN(C(=O)Nc2cccc(-c3ccc4c(c3)CCO4)c2)C1. The molecule has 0 aromatic heterocycles. The van der Waals surface area contributed by atoms with Crippen LogP contribution >= 0.6 is 0 Å². The quantitative estimate of drug-likeness (QED) is 0.870. The first-order valence-corrected chi connectivity index (χ1v) is 9.25. The van der Waals surface area contributed by atoms with Crippen LogP contribution in [0.25, 0.3) is 11.1 Å². The van der Waals surface area contributed by atoms with Crippen LogP contribution in [-0.2, 0) is 11.2 Å². The molecule has 1 atom stereocenters. The fourth-order valence-electron chi connectivity index (χ4n) is 3.71. The Morgan fingerprint density at radius 2 is 2.00 bits per heavy atom. The van der Waals surface area contributed by atoms with Gasteiger partial charge in [0.25, 0.3) is 0 Å². The predicted octanol–water partition coefficient (Wildman–Crippen LogP) is 3.62. The van der Waals surface area contributed by atoms with Crippen molar-refractivity contribution in [2.75, 3.05) is 25.0 Å². The summed E-state index contributed by atoms with van der Waals surface area (Å²) in [7, 11) is 0. The van der Waals surface area contributed by atoms with Gasteiger partial charge in [-0.3, -0.25) is 4.79 Å². The van der Waals surface area contributed by atoms with Gasteiger partial charge in [0.1, 0.15) is 5.75 Å². The van der Waals surface area contributed by atoms with Crippen molar-refractivity contribution in [2.45, 2.75) is 19.3 Å². The van der Waals surface area contributed by atoms with E-state index >= 15 is 0 Å². The van der Waals surface area contributed by atoms with Crippen molar-refractivity contribution in [1.82, 2.24) is 4.90 Å². The van der Waals surface area contributed by atoms with Crippen molar-refractivity contribution in [2.24, 2.45) is 5.92 Å². The van der Waals surface area contributed by atoms with E-state index < -0.39 is 11.9 Å². The fourth-order valence-corrected chi connectivity index (χ4v) is 3.71. The van der Waals surface area contributed by atoms with E-state index in [9.17, 15) is 14.7 Å². The van der Waals surface area contributed by atoms with Gasteiger partial charge in [-0.15, -0.1) is 0 Å². The monoisotopic (exact) mass is 366 g/mol. The van der Waals surface area contributed by atoms with Crippen molar-refractivity contribution in [3.63, 3.8) is 0 Å². The van der Waals surface area contributed by atoms with Crippen LogP contribution in [-0.4, -0.2) is 41.7 Å². The Morgan fingerprint density at radius 3 is 2.85 bits per heavy atom. The summed E-state index contributed by atoms with van der Waals surface area (Å²) in [6, 6.07) is 13.6. The summed E-state index contributed by atoms with van der Waals surface area (Å²) in [6.07, 6.45) is 2.25. The predicted molar refractivity (Wildman–Crippen MR) is 102 cm³/mol. The molecule has 2 amide bonds. The number of carbonyl (C=O) groups is 2.